The Morgan fingerprint density at radius 1 is 1.16 bits per heavy atom. The zero-order valence-electron chi connectivity index (χ0n) is 11.7. The van der Waals surface area contributed by atoms with Crippen LogP contribution in [0, 0.1) is 11.3 Å². The van der Waals surface area contributed by atoms with Gasteiger partial charge in [0.05, 0.1) is 0 Å². The number of unbranched alkanes of at least 4 members (excludes halogenated alkanes) is 7. The quantitative estimate of drug-likeness (QED) is 0.631. The number of nitrogens with zero attached hydrogens (tertiary/aromatic N) is 2. The molecule has 5 heteroatoms. The van der Waals surface area contributed by atoms with Crippen LogP contribution < -0.4 is 11.1 Å². The molecule has 3 N–H and O–H groups in total. The molecule has 0 aliphatic heterocycles. The maximum atomic E-state index is 8.93. The molecular weight excluding hydrogens is 256 g/mol. The van der Waals surface area contributed by atoms with Crippen LogP contribution in [0.15, 0.2) is 0 Å². The van der Waals surface area contributed by atoms with Crippen molar-refractivity contribution < 1.29 is 0 Å². The van der Waals surface area contributed by atoms with Gasteiger partial charge in [-0.25, -0.2) is 0 Å². The minimum atomic E-state index is 0.339. The third-order valence-corrected chi connectivity index (χ3v) is 3.97. The highest BCUT2D eigenvalue weighted by Gasteiger charge is 2.09. The Balaban J connectivity index is 2.03. The molecule has 0 unspecified atom stereocenters. The highest BCUT2D eigenvalue weighted by molar-refractivity contribution is 7.10. The summed E-state index contributed by atoms with van der Waals surface area (Å²) in [5.41, 5.74) is 6.09. The van der Waals surface area contributed by atoms with Gasteiger partial charge in [-0.1, -0.05) is 51.9 Å². The second-order valence-corrected chi connectivity index (χ2v) is 5.56. The van der Waals surface area contributed by atoms with Crippen LogP contribution >= 0.6 is 11.5 Å². The molecule has 4 nitrogen and oxygen atoms in total. The average molecular weight is 280 g/mol. The number of nitrogens with two attached hydrogens (primary N) is 1. The summed E-state index contributed by atoms with van der Waals surface area (Å²) in [4.78, 5) is 0. The molecule has 0 saturated heterocycles. The van der Waals surface area contributed by atoms with E-state index in [1.807, 2.05) is 0 Å². The average Bonchev–Trinajstić information content (AvgIpc) is 2.77. The van der Waals surface area contributed by atoms with Gasteiger partial charge in [0.15, 0.2) is 5.82 Å². The van der Waals surface area contributed by atoms with Crippen LogP contribution in [0.5, 0.6) is 0 Å². The molecule has 0 bridgehead atoms. The van der Waals surface area contributed by atoms with Crippen LogP contribution in [0.3, 0.4) is 0 Å². The Bertz CT molecular complexity index is 395. The molecule has 0 saturated carbocycles. The van der Waals surface area contributed by atoms with Gasteiger partial charge < -0.3 is 11.1 Å². The topological polar surface area (TPSA) is 74.7 Å². The lowest BCUT2D eigenvalue weighted by molar-refractivity contribution is 0.581. The second kappa shape index (κ2) is 9.62. The van der Waals surface area contributed by atoms with Crippen LogP contribution in [0.25, 0.3) is 0 Å². The van der Waals surface area contributed by atoms with E-state index in [4.69, 9.17) is 11.0 Å². The number of aromatic nitrogens is 1. The van der Waals surface area contributed by atoms with Crippen molar-refractivity contribution in [1.29, 1.82) is 5.26 Å². The lowest BCUT2D eigenvalue weighted by Crippen LogP contribution is -2.01. The maximum absolute atomic E-state index is 8.93. The Morgan fingerprint density at radius 3 is 2.42 bits per heavy atom. The standard InChI is InChI=1S/C14H24N4S/c1-2-3-4-5-6-7-8-9-10-17-14-12(11-15)13(16)18-19-14/h17H,2-10H2,1H3,(H2,16,18). The molecule has 0 spiro atoms. The number of hydrogen-bond donors (Lipinski definition) is 2. The largest absolute Gasteiger partial charge is 0.382 e. The molecule has 19 heavy (non-hydrogen) atoms. The molecule has 0 atom stereocenters. The van der Waals surface area contributed by atoms with Gasteiger partial charge in [0.1, 0.15) is 16.6 Å². The van der Waals surface area contributed by atoms with Crippen LogP contribution in [0.1, 0.15) is 63.9 Å². The lowest BCUT2D eigenvalue weighted by atomic mass is 10.1. The van der Waals surface area contributed by atoms with Gasteiger partial charge in [0.25, 0.3) is 0 Å². The first-order valence-corrected chi connectivity index (χ1v) is 7.96. The van der Waals surface area contributed by atoms with Gasteiger partial charge in [-0.15, -0.1) is 0 Å². The summed E-state index contributed by atoms with van der Waals surface area (Å²) in [6.45, 7) is 3.14. The number of hydrogen-bond acceptors (Lipinski definition) is 5. The van der Waals surface area contributed by atoms with Crippen molar-refractivity contribution in [2.75, 3.05) is 17.6 Å². The first-order chi connectivity index (χ1) is 9.29. The molecule has 0 aliphatic rings. The third kappa shape index (κ3) is 5.93. The van der Waals surface area contributed by atoms with E-state index in [-0.39, 0.29) is 0 Å². The van der Waals surface area contributed by atoms with E-state index in [0.717, 1.165) is 18.0 Å². The van der Waals surface area contributed by atoms with E-state index in [0.29, 0.717) is 11.4 Å². The minimum absolute atomic E-state index is 0.339. The molecule has 1 aromatic rings. The molecule has 1 rings (SSSR count). The Labute approximate surface area is 120 Å². The van der Waals surface area contributed by atoms with Gasteiger partial charge in [0, 0.05) is 6.54 Å². The Hall–Kier alpha value is -1.28. The highest BCUT2D eigenvalue weighted by atomic mass is 32.1. The smallest absolute Gasteiger partial charge is 0.157 e. The van der Waals surface area contributed by atoms with Crippen LogP contribution in [0.4, 0.5) is 10.8 Å². The van der Waals surface area contributed by atoms with Gasteiger partial charge in [-0.2, -0.15) is 9.64 Å². The summed E-state index contributed by atoms with van der Waals surface area (Å²) >= 11 is 1.27. The fraction of sp³-hybridized carbons (Fsp3) is 0.714. The Kier molecular flexibility index (Phi) is 7.99. The molecule has 0 fully saturated rings. The number of rotatable bonds is 10. The number of nitrogens with one attached hydrogen (secondary N) is 1. The van der Waals surface area contributed by atoms with Crippen molar-refractivity contribution in [2.45, 2.75) is 58.3 Å². The van der Waals surface area contributed by atoms with Gasteiger partial charge in [-0.05, 0) is 18.0 Å². The van der Waals surface area contributed by atoms with Crippen molar-refractivity contribution >= 4 is 22.4 Å². The summed E-state index contributed by atoms with van der Waals surface area (Å²) < 4.78 is 3.98. The zero-order chi connectivity index (χ0) is 13.9. The zero-order valence-corrected chi connectivity index (χ0v) is 12.6. The number of nitrogen functional groups attached to an aromatic ring is 1. The summed E-state index contributed by atoms with van der Waals surface area (Å²) in [5, 5.41) is 13.0. The van der Waals surface area contributed by atoms with E-state index in [9.17, 15) is 0 Å². The fourth-order valence-electron chi connectivity index (χ4n) is 1.99. The van der Waals surface area contributed by atoms with Crippen LogP contribution in [-0.2, 0) is 0 Å². The predicted octanol–water partition coefficient (Wildman–Crippen LogP) is 4.15. The summed E-state index contributed by atoms with van der Waals surface area (Å²) in [7, 11) is 0. The monoisotopic (exact) mass is 280 g/mol. The van der Waals surface area contributed by atoms with Crippen molar-refractivity contribution in [1.82, 2.24) is 4.37 Å². The molecule has 0 aliphatic carbocycles. The van der Waals surface area contributed by atoms with Crippen LogP contribution in [0.2, 0.25) is 0 Å². The van der Waals surface area contributed by atoms with Crippen molar-refractivity contribution in [3.8, 4) is 6.07 Å². The van der Waals surface area contributed by atoms with E-state index in [2.05, 4.69) is 22.7 Å². The van der Waals surface area contributed by atoms with Crippen molar-refractivity contribution in [3.05, 3.63) is 5.56 Å². The normalized spacial score (nSPS) is 10.3. The highest BCUT2D eigenvalue weighted by Crippen LogP contribution is 2.25. The first-order valence-electron chi connectivity index (χ1n) is 7.18. The number of anilines is 2. The van der Waals surface area contributed by atoms with E-state index >= 15 is 0 Å². The van der Waals surface area contributed by atoms with Gasteiger partial charge >= 0.3 is 0 Å². The van der Waals surface area contributed by atoms with E-state index < -0.39 is 0 Å². The predicted molar refractivity (Wildman–Crippen MR) is 82.3 cm³/mol. The SMILES string of the molecule is CCCCCCCCCCNc1snc(N)c1C#N. The molecule has 0 amide bonds. The van der Waals surface area contributed by atoms with E-state index in [1.54, 1.807) is 0 Å². The summed E-state index contributed by atoms with van der Waals surface area (Å²) in [6.07, 6.45) is 10.4. The lowest BCUT2D eigenvalue weighted by Gasteiger charge is -2.04. The van der Waals surface area contributed by atoms with Gasteiger partial charge in [-0.3, -0.25) is 0 Å². The van der Waals surface area contributed by atoms with Crippen molar-refractivity contribution in [3.63, 3.8) is 0 Å². The summed E-state index contributed by atoms with van der Waals surface area (Å²) in [5.74, 6) is 0.339. The van der Waals surface area contributed by atoms with Gasteiger partial charge in [0.2, 0.25) is 0 Å². The molecule has 106 valence electrons. The minimum Gasteiger partial charge on any atom is -0.382 e. The molecule has 0 aromatic carbocycles. The number of nitriles is 1. The first kappa shape index (κ1) is 15.8. The fourth-order valence-corrected chi connectivity index (χ4v) is 2.68. The maximum Gasteiger partial charge on any atom is 0.157 e. The third-order valence-electron chi connectivity index (χ3n) is 3.15. The van der Waals surface area contributed by atoms with Crippen LogP contribution in [-0.4, -0.2) is 10.9 Å². The molecule has 1 heterocycles. The van der Waals surface area contributed by atoms with E-state index in [1.165, 1.54) is 56.5 Å². The molecular formula is C14H24N4S. The summed E-state index contributed by atoms with van der Waals surface area (Å²) in [6, 6.07) is 2.09. The Morgan fingerprint density at radius 2 is 1.79 bits per heavy atom. The van der Waals surface area contributed by atoms with Crippen molar-refractivity contribution in [2.24, 2.45) is 0 Å². The second-order valence-electron chi connectivity index (χ2n) is 4.79. The molecule has 1 aromatic heterocycles. The molecule has 0 radical (unpaired) electrons.